The van der Waals surface area contributed by atoms with Gasteiger partial charge in [0.05, 0.1) is 19.6 Å². The SMILES string of the molecule is COc1ccc(I)c(C(N)CC#N)c1. The summed E-state index contributed by atoms with van der Waals surface area (Å²) >= 11 is 2.20. The third kappa shape index (κ3) is 2.59. The molecule has 0 aliphatic rings. The molecule has 3 nitrogen and oxygen atoms in total. The van der Waals surface area contributed by atoms with Crippen LogP contribution in [0.15, 0.2) is 18.2 Å². The quantitative estimate of drug-likeness (QED) is 0.871. The summed E-state index contributed by atoms with van der Waals surface area (Å²) in [6, 6.07) is 7.52. The number of nitrogens with two attached hydrogens (primary N) is 1. The van der Waals surface area contributed by atoms with Gasteiger partial charge in [-0.05, 0) is 46.4 Å². The molecular weight excluding hydrogens is 291 g/mol. The van der Waals surface area contributed by atoms with Gasteiger partial charge in [-0.1, -0.05) is 0 Å². The van der Waals surface area contributed by atoms with Crippen molar-refractivity contribution in [1.29, 1.82) is 5.26 Å². The molecule has 0 saturated heterocycles. The van der Waals surface area contributed by atoms with E-state index < -0.39 is 0 Å². The van der Waals surface area contributed by atoms with Gasteiger partial charge in [0.2, 0.25) is 0 Å². The molecular formula is C10H11IN2O. The van der Waals surface area contributed by atoms with Crippen molar-refractivity contribution in [2.24, 2.45) is 5.73 Å². The minimum atomic E-state index is -0.234. The average Bonchev–Trinajstić information content (AvgIpc) is 2.19. The maximum Gasteiger partial charge on any atom is 0.119 e. The Balaban J connectivity index is 3.00. The van der Waals surface area contributed by atoms with Crippen LogP contribution in [-0.2, 0) is 0 Å². The van der Waals surface area contributed by atoms with Crippen LogP contribution >= 0.6 is 22.6 Å². The van der Waals surface area contributed by atoms with Crippen LogP contribution in [0.25, 0.3) is 0 Å². The monoisotopic (exact) mass is 302 g/mol. The normalized spacial score (nSPS) is 11.9. The zero-order valence-corrected chi connectivity index (χ0v) is 9.98. The largest absolute Gasteiger partial charge is 0.497 e. The van der Waals surface area contributed by atoms with E-state index in [-0.39, 0.29) is 6.04 Å². The second-order valence-electron chi connectivity index (χ2n) is 2.86. The second-order valence-corrected chi connectivity index (χ2v) is 4.02. The Morgan fingerprint density at radius 1 is 1.64 bits per heavy atom. The third-order valence-electron chi connectivity index (χ3n) is 1.91. The summed E-state index contributed by atoms with van der Waals surface area (Å²) in [6.07, 6.45) is 0.323. The van der Waals surface area contributed by atoms with Gasteiger partial charge in [0, 0.05) is 9.61 Å². The Morgan fingerprint density at radius 3 is 2.93 bits per heavy atom. The van der Waals surface area contributed by atoms with Gasteiger partial charge in [0.25, 0.3) is 0 Å². The van der Waals surface area contributed by atoms with Crippen molar-refractivity contribution in [2.45, 2.75) is 12.5 Å². The van der Waals surface area contributed by atoms with Crippen LogP contribution < -0.4 is 10.5 Å². The standard InChI is InChI=1S/C10H11IN2O/c1-14-7-2-3-9(11)8(6-7)10(13)4-5-12/h2-3,6,10H,4,13H2,1H3. The molecule has 0 saturated carbocycles. The van der Waals surface area contributed by atoms with Gasteiger partial charge < -0.3 is 10.5 Å². The van der Waals surface area contributed by atoms with Crippen molar-refractivity contribution in [3.63, 3.8) is 0 Å². The number of hydrogen-bond acceptors (Lipinski definition) is 3. The first-order valence-corrected chi connectivity index (χ1v) is 5.23. The van der Waals surface area contributed by atoms with E-state index in [4.69, 9.17) is 15.7 Å². The van der Waals surface area contributed by atoms with Crippen molar-refractivity contribution in [3.8, 4) is 11.8 Å². The topological polar surface area (TPSA) is 59.0 Å². The van der Waals surface area contributed by atoms with Crippen LogP contribution in [0.1, 0.15) is 18.0 Å². The highest BCUT2D eigenvalue weighted by atomic mass is 127. The van der Waals surface area contributed by atoms with Gasteiger partial charge in [0.1, 0.15) is 5.75 Å². The van der Waals surface area contributed by atoms with Crippen molar-refractivity contribution in [3.05, 3.63) is 27.3 Å². The summed E-state index contributed by atoms with van der Waals surface area (Å²) in [6.45, 7) is 0. The molecule has 0 heterocycles. The number of nitrogens with zero attached hydrogens (tertiary/aromatic N) is 1. The van der Waals surface area contributed by atoms with E-state index in [2.05, 4.69) is 28.7 Å². The number of nitriles is 1. The fraction of sp³-hybridized carbons (Fsp3) is 0.300. The van der Waals surface area contributed by atoms with Crippen molar-refractivity contribution >= 4 is 22.6 Å². The number of ether oxygens (including phenoxy) is 1. The van der Waals surface area contributed by atoms with E-state index in [0.29, 0.717) is 6.42 Å². The number of rotatable bonds is 3. The molecule has 1 atom stereocenters. The van der Waals surface area contributed by atoms with E-state index in [1.807, 2.05) is 18.2 Å². The maximum absolute atomic E-state index is 8.55. The Labute approximate surface area is 97.0 Å². The van der Waals surface area contributed by atoms with Crippen molar-refractivity contribution in [2.75, 3.05) is 7.11 Å². The second kappa shape index (κ2) is 5.17. The molecule has 4 heteroatoms. The maximum atomic E-state index is 8.55. The predicted molar refractivity (Wildman–Crippen MR) is 62.9 cm³/mol. The Bertz CT molecular complexity index is 360. The zero-order chi connectivity index (χ0) is 10.6. The fourth-order valence-electron chi connectivity index (χ4n) is 1.14. The number of methoxy groups -OCH3 is 1. The molecule has 0 aromatic heterocycles. The van der Waals surface area contributed by atoms with Gasteiger partial charge in [-0.3, -0.25) is 0 Å². The number of hydrogen-bond donors (Lipinski definition) is 1. The fourth-order valence-corrected chi connectivity index (χ4v) is 1.88. The lowest BCUT2D eigenvalue weighted by Crippen LogP contribution is -2.11. The summed E-state index contributed by atoms with van der Waals surface area (Å²) < 4.78 is 6.16. The van der Waals surface area contributed by atoms with Crippen LogP contribution in [0.5, 0.6) is 5.75 Å². The summed E-state index contributed by atoms with van der Waals surface area (Å²) in [5.74, 6) is 0.772. The van der Waals surface area contributed by atoms with E-state index in [0.717, 1.165) is 14.9 Å². The number of halogens is 1. The first-order valence-electron chi connectivity index (χ1n) is 4.15. The van der Waals surface area contributed by atoms with Crippen LogP contribution in [-0.4, -0.2) is 7.11 Å². The van der Waals surface area contributed by atoms with E-state index >= 15 is 0 Å². The zero-order valence-electron chi connectivity index (χ0n) is 7.83. The lowest BCUT2D eigenvalue weighted by molar-refractivity contribution is 0.413. The Morgan fingerprint density at radius 2 is 2.36 bits per heavy atom. The van der Waals surface area contributed by atoms with E-state index in [1.54, 1.807) is 7.11 Å². The minimum Gasteiger partial charge on any atom is -0.497 e. The van der Waals surface area contributed by atoms with Crippen molar-refractivity contribution in [1.82, 2.24) is 0 Å². The van der Waals surface area contributed by atoms with E-state index in [1.165, 1.54) is 0 Å². The lowest BCUT2D eigenvalue weighted by atomic mass is 10.1. The molecule has 0 bridgehead atoms. The van der Waals surface area contributed by atoms with Gasteiger partial charge >= 0.3 is 0 Å². The molecule has 2 N–H and O–H groups in total. The summed E-state index contributed by atoms with van der Waals surface area (Å²) in [7, 11) is 1.61. The lowest BCUT2D eigenvalue weighted by Gasteiger charge is -2.11. The van der Waals surface area contributed by atoms with Crippen LogP contribution in [0.2, 0.25) is 0 Å². The van der Waals surface area contributed by atoms with Gasteiger partial charge in [-0.15, -0.1) is 0 Å². The highest BCUT2D eigenvalue weighted by Crippen LogP contribution is 2.25. The molecule has 0 aliphatic carbocycles. The smallest absolute Gasteiger partial charge is 0.119 e. The molecule has 1 unspecified atom stereocenters. The molecule has 0 aliphatic heterocycles. The summed E-state index contributed by atoms with van der Waals surface area (Å²) in [5, 5.41) is 8.55. The molecule has 0 fully saturated rings. The first-order chi connectivity index (χ1) is 6.69. The molecule has 0 spiro atoms. The highest BCUT2D eigenvalue weighted by Gasteiger charge is 2.10. The van der Waals surface area contributed by atoms with Crippen molar-refractivity contribution < 1.29 is 4.74 Å². The van der Waals surface area contributed by atoms with Gasteiger partial charge in [-0.2, -0.15) is 5.26 Å². The molecule has 14 heavy (non-hydrogen) atoms. The summed E-state index contributed by atoms with van der Waals surface area (Å²) in [4.78, 5) is 0. The van der Waals surface area contributed by atoms with Crippen LogP contribution in [0.4, 0.5) is 0 Å². The minimum absolute atomic E-state index is 0.234. The average molecular weight is 302 g/mol. The summed E-state index contributed by atoms with van der Waals surface area (Å²) in [5.41, 5.74) is 6.81. The van der Waals surface area contributed by atoms with Crippen LogP contribution in [0, 0.1) is 14.9 Å². The number of benzene rings is 1. The Kier molecular flexibility index (Phi) is 4.17. The highest BCUT2D eigenvalue weighted by molar-refractivity contribution is 14.1. The molecule has 0 radical (unpaired) electrons. The van der Waals surface area contributed by atoms with Crippen LogP contribution in [0.3, 0.4) is 0 Å². The Hall–Kier alpha value is -0.800. The third-order valence-corrected chi connectivity index (χ3v) is 2.90. The predicted octanol–water partition coefficient (Wildman–Crippen LogP) is 2.21. The van der Waals surface area contributed by atoms with Gasteiger partial charge in [-0.25, -0.2) is 0 Å². The van der Waals surface area contributed by atoms with Gasteiger partial charge in [0.15, 0.2) is 0 Å². The molecule has 1 rings (SSSR count). The molecule has 1 aromatic rings. The molecule has 0 amide bonds. The molecule has 1 aromatic carbocycles. The molecule has 74 valence electrons. The first kappa shape index (κ1) is 11.3. The van der Waals surface area contributed by atoms with E-state index in [9.17, 15) is 0 Å².